The number of aromatic nitrogens is 2. The summed E-state index contributed by atoms with van der Waals surface area (Å²) < 4.78 is 10.9. The third-order valence-corrected chi connectivity index (χ3v) is 5.69. The molecule has 134 valence electrons. The van der Waals surface area contributed by atoms with Gasteiger partial charge in [-0.25, -0.2) is 0 Å². The Kier molecular flexibility index (Phi) is 5.04. The molecule has 1 aromatic carbocycles. The van der Waals surface area contributed by atoms with E-state index < -0.39 is 0 Å². The Morgan fingerprint density at radius 3 is 2.72 bits per heavy atom. The monoisotopic (exact) mass is 341 g/mol. The number of nitrogens with one attached hydrogen (secondary N) is 1. The second kappa shape index (κ2) is 7.58. The molecule has 2 aliphatic heterocycles. The van der Waals surface area contributed by atoms with Gasteiger partial charge in [-0.05, 0) is 56.5 Å². The molecule has 0 atom stereocenters. The molecule has 1 aromatic heterocycles. The van der Waals surface area contributed by atoms with Crippen LogP contribution in [0.5, 0.6) is 5.75 Å². The first-order valence-electron chi connectivity index (χ1n) is 9.34. The Hall–Kier alpha value is -1.85. The third-order valence-electron chi connectivity index (χ3n) is 5.69. The van der Waals surface area contributed by atoms with E-state index >= 15 is 0 Å². The predicted octanol–water partition coefficient (Wildman–Crippen LogP) is 3.44. The van der Waals surface area contributed by atoms with E-state index in [4.69, 9.17) is 9.47 Å². The summed E-state index contributed by atoms with van der Waals surface area (Å²) in [5.41, 5.74) is 3.67. The first-order chi connectivity index (χ1) is 12.3. The summed E-state index contributed by atoms with van der Waals surface area (Å²) in [6.45, 7) is 4.19. The first-order valence-corrected chi connectivity index (χ1v) is 9.34. The van der Waals surface area contributed by atoms with Gasteiger partial charge < -0.3 is 14.4 Å². The van der Waals surface area contributed by atoms with Crippen molar-refractivity contribution >= 4 is 0 Å². The fraction of sp³-hybridized carbons (Fsp3) is 0.550. The molecule has 2 aliphatic rings. The van der Waals surface area contributed by atoms with E-state index in [1.54, 1.807) is 7.11 Å². The highest BCUT2D eigenvalue weighted by Gasteiger charge is 2.29. The molecule has 0 radical (unpaired) electrons. The highest BCUT2D eigenvalue weighted by atomic mass is 16.5. The number of rotatable bonds is 4. The lowest BCUT2D eigenvalue weighted by Gasteiger charge is -2.39. The molecule has 0 saturated carbocycles. The zero-order chi connectivity index (χ0) is 17.1. The minimum absolute atomic E-state index is 0.555. The molecule has 0 bridgehead atoms. The van der Waals surface area contributed by atoms with Crippen molar-refractivity contribution in [3.8, 4) is 16.9 Å². The van der Waals surface area contributed by atoms with Crippen LogP contribution in [0, 0.1) is 0 Å². The highest BCUT2D eigenvalue weighted by Crippen LogP contribution is 2.35. The van der Waals surface area contributed by atoms with Gasteiger partial charge in [-0.1, -0.05) is 12.1 Å². The minimum atomic E-state index is 0.555. The Bertz CT molecular complexity index is 686. The zero-order valence-corrected chi connectivity index (χ0v) is 14.9. The van der Waals surface area contributed by atoms with Crippen molar-refractivity contribution in [1.82, 2.24) is 15.1 Å². The fourth-order valence-electron chi connectivity index (χ4n) is 4.23. The summed E-state index contributed by atoms with van der Waals surface area (Å²) >= 11 is 0. The van der Waals surface area contributed by atoms with Crippen LogP contribution in [0.25, 0.3) is 11.1 Å². The van der Waals surface area contributed by atoms with E-state index in [0.717, 1.165) is 19.0 Å². The van der Waals surface area contributed by atoms with Crippen LogP contribution in [0.15, 0.2) is 30.5 Å². The van der Waals surface area contributed by atoms with Gasteiger partial charge in [0.1, 0.15) is 5.75 Å². The smallest absolute Gasteiger partial charge is 0.119 e. The van der Waals surface area contributed by atoms with Crippen molar-refractivity contribution in [2.45, 2.75) is 37.6 Å². The Balaban J connectivity index is 1.46. The van der Waals surface area contributed by atoms with Gasteiger partial charge in [-0.15, -0.1) is 0 Å². The predicted molar refractivity (Wildman–Crippen MR) is 98.0 cm³/mol. The standard InChI is InChI=1S/C20H27N3O2/c1-24-18-4-2-3-16(13-18)19-14-21-22-20(19)15-5-9-23(10-6-15)17-7-11-25-12-8-17/h2-4,13-15,17H,5-12H2,1H3,(H,21,22). The molecule has 0 spiro atoms. The summed E-state index contributed by atoms with van der Waals surface area (Å²) in [6.07, 6.45) is 6.70. The molecule has 5 heteroatoms. The van der Waals surface area contributed by atoms with Crippen molar-refractivity contribution in [3.05, 3.63) is 36.2 Å². The molecule has 3 heterocycles. The molecule has 1 N–H and O–H groups in total. The molecule has 2 saturated heterocycles. The lowest BCUT2D eigenvalue weighted by molar-refractivity contribution is 0.0250. The summed E-state index contributed by atoms with van der Waals surface area (Å²) in [5, 5.41) is 7.62. The molecular formula is C20H27N3O2. The minimum Gasteiger partial charge on any atom is -0.497 e. The number of nitrogens with zero attached hydrogens (tertiary/aromatic N) is 2. The maximum absolute atomic E-state index is 5.50. The number of hydrogen-bond acceptors (Lipinski definition) is 4. The first kappa shape index (κ1) is 16.6. The maximum Gasteiger partial charge on any atom is 0.119 e. The molecular weight excluding hydrogens is 314 g/mol. The van der Waals surface area contributed by atoms with E-state index in [0.29, 0.717) is 12.0 Å². The van der Waals surface area contributed by atoms with E-state index in [1.807, 2.05) is 18.3 Å². The molecule has 2 aromatic rings. The van der Waals surface area contributed by atoms with Gasteiger partial charge >= 0.3 is 0 Å². The SMILES string of the molecule is COc1cccc(-c2cn[nH]c2C2CCN(C3CCOCC3)CC2)c1. The van der Waals surface area contributed by atoms with Gasteiger partial charge in [0.15, 0.2) is 0 Å². The Morgan fingerprint density at radius 2 is 1.96 bits per heavy atom. The van der Waals surface area contributed by atoms with Crippen LogP contribution in [-0.2, 0) is 4.74 Å². The quantitative estimate of drug-likeness (QED) is 0.925. The van der Waals surface area contributed by atoms with E-state index in [9.17, 15) is 0 Å². The number of likely N-dealkylation sites (tertiary alicyclic amines) is 1. The second-order valence-corrected chi connectivity index (χ2v) is 7.08. The molecule has 0 amide bonds. The molecule has 0 aliphatic carbocycles. The molecule has 4 rings (SSSR count). The van der Waals surface area contributed by atoms with Crippen molar-refractivity contribution in [3.63, 3.8) is 0 Å². The van der Waals surface area contributed by atoms with Gasteiger partial charge in [0.2, 0.25) is 0 Å². The molecule has 0 unspecified atom stereocenters. The number of benzene rings is 1. The van der Waals surface area contributed by atoms with Crippen molar-refractivity contribution in [1.29, 1.82) is 0 Å². The van der Waals surface area contributed by atoms with Crippen molar-refractivity contribution in [2.24, 2.45) is 0 Å². The van der Waals surface area contributed by atoms with Gasteiger partial charge in [0, 0.05) is 36.4 Å². The van der Waals surface area contributed by atoms with Crippen LogP contribution in [0.2, 0.25) is 0 Å². The Labute approximate surface area is 149 Å². The van der Waals surface area contributed by atoms with E-state index in [2.05, 4.69) is 27.2 Å². The van der Waals surface area contributed by atoms with Crippen LogP contribution in [-0.4, -0.2) is 54.6 Å². The van der Waals surface area contributed by atoms with Crippen molar-refractivity contribution in [2.75, 3.05) is 33.4 Å². The number of piperidine rings is 1. The largest absolute Gasteiger partial charge is 0.497 e. The number of methoxy groups -OCH3 is 1. The average molecular weight is 341 g/mol. The zero-order valence-electron chi connectivity index (χ0n) is 14.9. The van der Waals surface area contributed by atoms with E-state index in [-0.39, 0.29) is 0 Å². The topological polar surface area (TPSA) is 50.4 Å². The second-order valence-electron chi connectivity index (χ2n) is 7.08. The summed E-state index contributed by atoms with van der Waals surface area (Å²) in [5.74, 6) is 1.44. The average Bonchev–Trinajstić information content (AvgIpc) is 3.19. The fourth-order valence-corrected chi connectivity index (χ4v) is 4.23. The van der Waals surface area contributed by atoms with Crippen molar-refractivity contribution < 1.29 is 9.47 Å². The van der Waals surface area contributed by atoms with Crippen LogP contribution in [0.4, 0.5) is 0 Å². The summed E-state index contributed by atoms with van der Waals surface area (Å²) in [7, 11) is 1.71. The number of H-pyrrole nitrogens is 1. The lowest BCUT2D eigenvalue weighted by Crippen LogP contribution is -2.43. The summed E-state index contributed by atoms with van der Waals surface area (Å²) in [4.78, 5) is 2.67. The van der Waals surface area contributed by atoms with Gasteiger partial charge in [-0.2, -0.15) is 5.10 Å². The van der Waals surface area contributed by atoms with Crippen LogP contribution in [0.3, 0.4) is 0 Å². The lowest BCUT2D eigenvalue weighted by atomic mass is 9.88. The van der Waals surface area contributed by atoms with Crippen LogP contribution >= 0.6 is 0 Å². The van der Waals surface area contributed by atoms with Crippen LogP contribution < -0.4 is 4.74 Å². The van der Waals surface area contributed by atoms with Gasteiger partial charge in [-0.3, -0.25) is 5.10 Å². The van der Waals surface area contributed by atoms with Gasteiger partial charge in [0.25, 0.3) is 0 Å². The number of ether oxygens (including phenoxy) is 2. The molecule has 25 heavy (non-hydrogen) atoms. The Morgan fingerprint density at radius 1 is 1.16 bits per heavy atom. The van der Waals surface area contributed by atoms with E-state index in [1.165, 1.54) is 55.6 Å². The highest BCUT2D eigenvalue weighted by molar-refractivity contribution is 5.67. The molecule has 5 nitrogen and oxygen atoms in total. The number of aromatic amines is 1. The maximum atomic E-state index is 5.50. The van der Waals surface area contributed by atoms with Gasteiger partial charge in [0.05, 0.1) is 13.3 Å². The summed E-state index contributed by atoms with van der Waals surface area (Å²) in [6, 6.07) is 8.96. The third kappa shape index (κ3) is 3.58. The normalized spacial score (nSPS) is 20.7. The molecule has 2 fully saturated rings. The number of hydrogen-bond donors (Lipinski definition) is 1. The van der Waals surface area contributed by atoms with Crippen LogP contribution in [0.1, 0.15) is 37.3 Å².